The maximum absolute atomic E-state index is 13.7. The largest absolute Gasteiger partial charge is 0.381 e. The Morgan fingerprint density at radius 1 is 0.974 bits per heavy atom. The molecular weight excluding hydrogens is 492 g/mol. The lowest BCUT2D eigenvalue weighted by Crippen LogP contribution is -2.58. The summed E-state index contributed by atoms with van der Waals surface area (Å²) >= 11 is 0. The quantitative estimate of drug-likeness (QED) is 0.578. The zero-order valence-electron chi connectivity index (χ0n) is 23.1. The molecule has 1 spiro atoms. The number of allylic oxidation sites excluding steroid dienone is 2. The summed E-state index contributed by atoms with van der Waals surface area (Å²) in [5.41, 5.74) is 0.468. The van der Waals surface area contributed by atoms with Gasteiger partial charge < -0.3 is 20.3 Å². The Kier molecular flexibility index (Phi) is 9.35. The molecule has 0 saturated carbocycles. The van der Waals surface area contributed by atoms with Crippen molar-refractivity contribution in [2.24, 2.45) is 11.3 Å². The number of carbonyl (C=O) groups is 3. The van der Waals surface area contributed by atoms with E-state index in [9.17, 15) is 14.4 Å². The van der Waals surface area contributed by atoms with Gasteiger partial charge in [-0.1, -0.05) is 42.5 Å². The average Bonchev–Trinajstić information content (AvgIpc) is 2.97. The number of nitrogens with one attached hydrogen (secondary N) is 2. The smallest absolute Gasteiger partial charge is 0.243 e. The fourth-order valence-corrected chi connectivity index (χ4v) is 6.63. The van der Waals surface area contributed by atoms with Gasteiger partial charge in [-0.3, -0.25) is 19.3 Å². The van der Waals surface area contributed by atoms with Gasteiger partial charge in [0.15, 0.2) is 0 Å². The van der Waals surface area contributed by atoms with Crippen LogP contribution in [0.3, 0.4) is 0 Å². The molecular formula is C31H44N4O4. The number of likely N-dealkylation sites (tertiary alicyclic amines) is 2. The van der Waals surface area contributed by atoms with Crippen LogP contribution < -0.4 is 10.6 Å². The Labute approximate surface area is 232 Å². The van der Waals surface area contributed by atoms with Crippen LogP contribution in [0.5, 0.6) is 0 Å². The second-order valence-corrected chi connectivity index (χ2v) is 11.9. The minimum atomic E-state index is -0.637. The SMILES string of the molecule is O=C1N[C@@H]2CCN(CC(=O)N3CCCCC3)C[C@H]2C/C=C/CC2(CCOCC2)C(=O)N[C@@H]1Cc1ccccc1. The number of ether oxygens (including phenoxy) is 1. The van der Waals surface area contributed by atoms with Crippen LogP contribution in [0.15, 0.2) is 42.5 Å². The molecule has 212 valence electrons. The van der Waals surface area contributed by atoms with Crippen LogP contribution in [0.25, 0.3) is 0 Å². The second-order valence-electron chi connectivity index (χ2n) is 11.9. The normalized spacial score (nSPS) is 29.3. The molecule has 3 amide bonds. The Morgan fingerprint density at radius 2 is 1.74 bits per heavy atom. The van der Waals surface area contributed by atoms with Crippen molar-refractivity contribution in [1.29, 1.82) is 0 Å². The highest BCUT2D eigenvalue weighted by atomic mass is 16.5. The number of fused-ring (bicyclic) bond motifs is 1. The fraction of sp³-hybridized carbons (Fsp3) is 0.645. The van der Waals surface area contributed by atoms with Gasteiger partial charge in [0.2, 0.25) is 17.7 Å². The van der Waals surface area contributed by atoms with E-state index in [1.165, 1.54) is 6.42 Å². The lowest BCUT2D eigenvalue weighted by molar-refractivity contribution is -0.140. The predicted molar refractivity (Wildman–Crippen MR) is 150 cm³/mol. The molecule has 0 radical (unpaired) electrons. The van der Waals surface area contributed by atoms with Crippen molar-refractivity contribution < 1.29 is 19.1 Å². The van der Waals surface area contributed by atoms with Crippen LogP contribution in [-0.4, -0.2) is 85.5 Å². The zero-order valence-corrected chi connectivity index (χ0v) is 23.1. The Morgan fingerprint density at radius 3 is 2.51 bits per heavy atom. The van der Waals surface area contributed by atoms with Crippen molar-refractivity contribution in [2.45, 2.75) is 69.9 Å². The number of rotatable bonds is 4. The van der Waals surface area contributed by atoms with Crippen LogP contribution >= 0.6 is 0 Å². The molecule has 8 nitrogen and oxygen atoms in total. The van der Waals surface area contributed by atoms with E-state index in [4.69, 9.17) is 4.74 Å². The molecule has 0 aromatic heterocycles. The number of piperidine rings is 2. The Hall–Kier alpha value is -2.71. The van der Waals surface area contributed by atoms with Crippen molar-refractivity contribution >= 4 is 17.7 Å². The van der Waals surface area contributed by atoms with Crippen molar-refractivity contribution in [3.63, 3.8) is 0 Å². The van der Waals surface area contributed by atoms with Crippen molar-refractivity contribution in [3.8, 4) is 0 Å². The Bertz CT molecular complexity index is 1020. The third kappa shape index (κ3) is 7.09. The van der Waals surface area contributed by atoms with Gasteiger partial charge in [0, 0.05) is 51.9 Å². The summed E-state index contributed by atoms with van der Waals surface area (Å²) in [7, 11) is 0. The van der Waals surface area contributed by atoms with Gasteiger partial charge in [0.05, 0.1) is 12.0 Å². The van der Waals surface area contributed by atoms with E-state index in [1.807, 2.05) is 35.2 Å². The third-order valence-electron chi connectivity index (χ3n) is 9.16. The molecule has 3 fully saturated rings. The third-order valence-corrected chi connectivity index (χ3v) is 9.16. The maximum atomic E-state index is 13.7. The maximum Gasteiger partial charge on any atom is 0.243 e. The first-order valence-electron chi connectivity index (χ1n) is 14.9. The molecule has 0 aliphatic carbocycles. The van der Waals surface area contributed by atoms with Gasteiger partial charge in [0.1, 0.15) is 6.04 Å². The summed E-state index contributed by atoms with van der Waals surface area (Å²) in [6.45, 7) is 4.88. The zero-order chi connectivity index (χ0) is 27.1. The van der Waals surface area contributed by atoms with Gasteiger partial charge in [0.25, 0.3) is 0 Å². The van der Waals surface area contributed by atoms with Crippen molar-refractivity contribution in [1.82, 2.24) is 20.4 Å². The predicted octanol–water partition coefficient (Wildman–Crippen LogP) is 2.68. The van der Waals surface area contributed by atoms with Crippen LogP contribution in [0.4, 0.5) is 0 Å². The number of amides is 3. The van der Waals surface area contributed by atoms with E-state index >= 15 is 0 Å². The van der Waals surface area contributed by atoms with Gasteiger partial charge in [-0.05, 0) is 62.8 Å². The summed E-state index contributed by atoms with van der Waals surface area (Å²) in [4.78, 5) is 44.7. The highest BCUT2D eigenvalue weighted by molar-refractivity contribution is 5.90. The number of hydrogen-bond acceptors (Lipinski definition) is 5. The number of benzene rings is 1. The molecule has 4 heterocycles. The van der Waals surface area contributed by atoms with E-state index in [0.29, 0.717) is 45.4 Å². The lowest BCUT2D eigenvalue weighted by atomic mass is 9.75. The summed E-state index contributed by atoms with van der Waals surface area (Å²) < 4.78 is 5.60. The summed E-state index contributed by atoms with van der Waals surface area (Å²) in [5.74, 6) is 0.278. The lowest BCUT2D eigenvalue weighted by Gasteiger charge is -2.41. The minimum absolute atomic E-state index is 0.00938. The van der Waals surface area contributed by atoms with Gasteiger partial charge >= 0.3 is 0 Å². The van der Waals surface area contributed by atoms with E-state index in [0.717, 1.165) is 57.4 Å². The molecule has 8 heteroatoms. The number of hydrogen-bond donors (Lipinski definition) is 2. The molecule has 0 bridgehead atoms. The monoisotopic (exact) mass is 536 g/mol. The Balaban J connectivity index is 1.33. The number of carbonyl (C=O) groups excluding carboxylic acids is 3. The summed E-state index contributed by atoms with van der Waals surface area (Å²) in [6, 6.07) is 9.27. The van der Waals surface area contributed by atoms with Crippen molar-refractivity contribution in [3.05, 3.63) is 48.0 Å². The molecule has 4 aliphatic rings. The molecule has 1 aromatic rings. The highest BCUT2D eigenvalue weighted by Crippen LogP contribution is 2.36. The minimum Gasteiger partial charge on any atom is -0.381 e. The van der Waals surface area contributed by atoms with Gasteiger partial charge in [-0.25, -0.2) is 0 Å². The first kappa shape index (κ1) is 27.8. The first-order valence-corrected chi connectivity index (χ1v) is 14.9. The molecule has 3 saturated heterocycles. The van der Waals surface area contributed by atoms with Gasteiger partial charge in [-0.2, -0.15) is 0 Å². The average molecular weight is 537 g/mol. The summed E-state index contributed by atoms with van der Waals surface area (Å²) in [5, 5.41) is 6.48. The summed E-state index contributed by atoms with van der Waals surface area (Å²) in [6.07, 6.45) is 11.8. The second kappa shape index (κ2) is 13.1. The molecule has 3 atom stereocenters. The van der Waals surface area contributed by atoms with Crippen LogP contribution in [0.1, 0.15) is 56.9 Å². The first-order chi connectivity index (χ1) is 19.0. The highest BCUT2D eigenvalue weighted by Gasteiger charge is 2.41. The molecule has 5 rings (SSSR count). The van der Waals surface area contributed by atoms with Crippen LogP contribution in [0.2, 0.25) is 0 Å². The van der Waals surface area contributed by atoms with Gasteiger partial charge in [-0.15, -0.1) is 0 Å². The number of nitrogens with zero attached hydrogens (tertiary/aromatic N) is 2. The standard InChI is InChI=1S/C31H44N4O4/c36-28(35-16-7-2-8-17-35)23-34-18-12-26-25(22-34)11-5-6-13-31(14-19-39-20-15-31)30(38)33-27(29(37)32-26)21-24-9-3-1-4-10-24/h1,3-6,9-10,25-27H,2,7-8,11-23H2,(H,32,37)(H,33,38)/b6-5+/t25-,26-,27-/m1/s1. The molecule has 4 aliphatic heterocycles. The van der Waals surface area contributed by atoms with E-state index < -0.39 is 11.5 Å². The molecule has 2 N–H and O–H groups in total. The topological polar surface area (TPSA) is 91.0 Å². The van der Waals surface area contributed by atoms with Crippen LogP contribution in [-0.2, 0) is 25.5 Å². The van der Waals surface area contributed by atoms with E-state index in [1.54, 1.807) is 0 Å². The van der Waals surface area contributed by atoms with Crippen LogP contribution in [0, 0.1) is 11.3 Å². The molecule has 0 unspecified atom stereocenters. The molecule has 1 aromatic carbocycles. The fourth-order valence-electron chi connectivity index (χ4n) is 6.63. The van der Waals surface area contributed by atoms with Crippen molar-refractivity contribution in [2.75, 3.05) is 45.9 Å². The molecule has 39 heavy (non-hydrogen) atoms. The van der Waals surface area contributed by atoms with E-state index in [-0.39, 0.29) is 29.7 Å². The van der Waals surface area contributed by atoms with E-state index in [2.05, 4.69) is 27.7 Å².